The SMILES string of the molecule is CC(C)[C@H](N=C1NS(=O)(=O)c2ccccc21)C(=O)OCC(=O)C(C)(C)C. The topological polar surface area (TPSA) is 102 Å². The lowest BCUT2D eigenvalue weighted by atomic mass is 9.91. The van der Waals surface area contributed by atoms with Crippen LogP contribution in [0.15, 0.2) is 34.2 Å². The number of benzene rings is 1. The zero-order valence-corrected chi connectivity index (χ0v) is 16.4. The molecule has 2 rings (SSSR count). The lowest BCUT2D eigenvalue weighted by molar-refractivity contribution is -0.152. The maximum Gasteiger partial charge on any atom is 0.331 e. The van der Waals surface area contributed by atoms with Gasteiger partial charge < -0.3 is 4.74 Å². The molecule has 1 N–H and O–H groups in total. The average molecular weight is 380 g/mol. The highest BCUT2D eigenvalue weighted by Crippen LogP contribution is 2.24. The summed E-state index contributed by atoms with van der Waals surface area (Å²) in [6.45, 7) is 8.45. The van der Waals surface area contributed by atoms with Crippen molar-refractivity contribution in [3.63, 3.8) is 0 Å². The Kier molecular flexibility index (Phi) is 5.55. The van der Waals surface area contributed by atoms with Crippen LogP contribution in [0.4, 0.5) is 0 Å². The van der Waals surface area contributed by atoms with Crippen LogP contribution in [0.1, 0.15) is 40.2 Å². The average Bonchev–Trinajstić information content (AvgIpc) is 2.80. The van der Waals surface area contributed by atoms with Crippen molar-refractivity contribution in [3.05, 3.63) is 29.8 Å². The normalized spacial score (nSPS) is 18.3. The minimum Gasteiger partial charge on any atom is -0.456 e. The van der Waals surface area contributed by atoms with Gasteiger partial charge in [-0.05, 0) is 18.1 Å². The molecule has 1 aliphatic heterocycles. The first-order valence-electron chi connectivity index (χ1n) is 8.33. The number of ether oxygens (including phenoxy) is 1. The molecule has 0 saturated carbocycles. The smallest absolute Gasteiger partial charge is 0.331 e. The fourth-order valence-electron chi connectivity index (χ4n) is 2.28. The van der Waals surface area contributed by atoms with Gasteiger partial charge in [-0.15, -0.1) is 0 Å². The summed E-state index contributed by atoms with van der Waals surface area (Å²) < 4.78 is 31.8. The molecule has 0 aliphatic carbocycles. The number of hydrogen-bond donors (Lipinski definition) is 1. The van der Waals surface area contributed by atoms with E-state index in [0.717, 1.165) is 0 Å². The highest BCUT2D eigenvalue weighted by Gasteiger charge is 2.33. The zero-order valence-electron chi connectivity index (χ0n) is 15.6. The Balaban J connectivity index is 2.25. The van der Waals surface area contributed by atoms with Crippen LogP contribution in [-0.2, 0) is 24.3 Å². The van der Waals surface area contributed by atoms with Gasteiger partial charge in [0.15, 0.2) is 18.4 Å². The minimum atomic E-state index is -3.68. The van der Waals surface area contributed by atoms with Crippen LogP contribution in [0.25, 0.3) is 0 Å². The van der Waals surface area contributed by atoms with Gasteiger partial charge in [0.1, 0.15) is 5.84 Å². The standard InChI is InChI=1S/C18H24N2O5S/c1-11(2)15(17(22)25-10-14(21)18(3,4)5)19-16-12-8-6-7-9-13(12)26(23,24)20-16/h6-9,11,15H,10H2,1-5H3,(H,19,20)/t15-/m0/s1. The predicted octanol–water partition coefficient (Wildman–Crippen LogP) is 1.91. The maximum atomic E-state index is 12.4. The molecule has 0 spiro atoms. The van der Waals surface area contributed by atoms with E-state index in [2.05, 4.69) is 9.71 Å². The van der Waals surface area contributed by atoms with Crippen LogP contribution in [0.3, 0.4) is 0 Å². The van der Waals surface area contributed by atoms with E-state index in [1.54, 1.807) is 52.8 Å². The molecular formula is C18H24N2O5S. The number of hydrogen-bond acceptors (Lipinski definition) is 6. The summed E-state index contributed by atoms with van der Waals surface area (Å²) in [5, 5.41) is 0. The van der Waals surface area contributed by atoms with E-state index >= 15 is 0 Å². The quantitative estimate of drug-likeness (QED) is 0.786. The van der Waals surface area contributed by atoms with Gasteiger partial charge in [0.05, 0.1) is 4.90 Å². The minimum absolute atomic E-state index is 0.110. The number of ketones is 1. The largest absolute Gasteiger partial charge is 0.456 e. The lowest BCUT2D eigenvalue weighted by Crippen LogP contribution is -2.34. The summed E-state index contributed by atoms with van der Waals surface area (Å²) in [5.74, 6) is -0.989. The number of carbonyl (C=O) groups excluding carboxylic acids is 2. The van der Waals surface area contributed by atoms with E-state index in [9.17, 15) is 18.0 Å². The van der Waals surface area contributed by atoms with Crippen molar-refractivity contribution in [2.45, 2.75) is 45.6 Å². The second kappa shape index (κ2) is 7.19. The van der Waals surface area contributed by atoms with Crippen molar-refractivity contribution >= 4 is 27.6 Å². The van der Waals surface area contributed by atoms with Crippen LogP contribution in [0.2, 0.25) is 0 Å². The third-order valence-corrected chi connectivity index (χ3v) is 5.38. The van der Waals surface area contributed by atoms with Gasteiger partial charge in [0, 0.05) is 11.0 Å². The van der Waals surface area contributed by atoms with E-state index in [1.807, 2.05) is 0 Å². The van der Waals surface area contributed by atoms with Crippen molar-refractivity contribution in [2.24, 2.45) is 16.3 Å². The number of fused-ring (bicyclic) bond motifs is 1. The molecule has 0 amide bonds. The van der Waals surface area contributed by atoms with Crippen molar-refractivity contribution in [1.82, 2.24) is 4.72 Å². The van der Waals surface area contributed by atoms with Gasteiger partial charge in [0.25, 0.3) is 10.0 Å². The highest BCUT2D eigenvalue weighted by atomic mass is 32.2. The second-order valence-electron chi connectivity index (χ2n) is 7.55. The summed E-state index contributed by atoms with van der Waals surface area (Å²) >= 11 is 0. The molecule has 0 saturated heterocycles. The summed E-state index contributed by atoms with van der Waals surface area (Å²) in [6, 6.07) is 5.49. The fraction of sp³-hybridized carbons (Fsp3) is 0.500. The third-order valence-electron chi connectivity index (χ3n) is 3.99. The molecule has 1 heterocycles. The first-order valence-corrected chi connectivity index (χ1v) is 9.82. The number of aliphatic imine (C=N–C) groups is 1. The number of sulfonamides is 1. The zero-order chi connectivity index (χ0) is 19.7. The maximum absolute atomic E-state index is 12.4. The molecule has 142 valence electrons. The molecule has 0 aromatic heterocycles. The van der Waals surface area contributed by atoms with Crippen molar-refractivity contribution in [1.29, 1.82) is 0 Å². The Morgan fingerprint density at radius 1 is 1.19 bits per heavy atom. The number of Topliss-reactive ketones (excluding diaryl/α,β-unsaturated/α-hetero) is 1. The van der Waals surface area contributed by atoms with Crippen LogP contribution in [-0.4, -0.2) is 38.7 Å². The molecule has 1 aromatic carbocycles. The number of amidine groups is 1. The summed E-state index contributed by atoms with van der Waals surface area (Å²) in [5.41, 5.74) is -0.198. The van der Waals surface area contributed by atoms with E-state index in [1.165, 1.54) is 6.07 Å². The molecule has 1 atom stereocenters. The molecule has 26 heavy (non-hydrogen) atoms. The third kappa shape index (κ3) is 4.30. The van der Waals surface area contributed by atoms with Crippen molar-refractivity contribution in [2.75, 3.05) is 6.61 Å². The number of esters is 1. The van der Waals surface area contributed by atoms with Crippen molar-refractivity contribution in [3.8, 4) is 0 Å². The number of carbonyl (C=O) groups is 2. The van der Waals surface area contributed by atoms with Gasteiger partial charge >= 0.3 is 5.97 Å². The van der Waals surface area contributed by atoms with E-state index in [-0.39, 0.29) is 29.0 Å². The molecule has 1 aromatic rings. The van der Waals surface area contributed by atoms with E-state index in [4.69, 9.17) is 4.74 Å². The van der Waals surface area contributed by atoms with Gasteiger partial charge in [-0.25, -0.2) is 13.2 Å². The molecule has 0 radical (unpaired) electrons. The molecule has 8 heteroatoms. The van der Waals surface area contributed by atoms with Gasteiger partial charge in [0.2, 0.25) is 0 Å². The van der Waals surface area contributed by atoms with E-state index < -0.39 is 27.4 Å². The summed E-state index contributed by atoms with van der Waals surface area (Å²) in [4.78, 5) is 28.8. The van der Waals surface area contributed by atoms with Gasteiger partial charge in [-0.3, -0.25) is 14.5 Å². The highest BCUT2D eigenvalue weighted by molar-refractivity contribution is 7.90. The molecule has 0 unspecified atom stereocenters. The first kappa shape index (κ1) is 20.1. The number of nitrogens with zero attached hydrogens (tertiary/aromatic N) is 1. The Hall–Kier alpha value is -2.22. The molecule has 1 aliphatic rings. The fourth-order valence-corrected chi connectivity index (χ4v) is 3.52. The Morgan fingerprint density at radius 3 is 2.38 bits per heavy atom. The second-order valence-corrected chi connectivity index (χ2v) is 9.20. The predicted molar refractivity (Wildman–Crippen MR) is 97.3 cm³/mol. The molecule has 0 bridgehead atoms. The Bertz CT molecular complexity index is 851. The summed E-state index contributed by atoms with van der Waals surface area (Å²) in [7, 11) is -3.68. The number of rotatable bonds is 5. The molecular weight excluding hydrogens is 356 g/mol. The monoisotopic (exact) mass is 380 g/mol. The van der Waals surface area contributed by atoms with E-state index in [0.29, 0.717) is 5.56 Å². The lowest BCUT2D eigenvalue weighted by Gasteiger charge is -2.19. The Labute approximate surface area is 153 Å². The number of nitrogens with one attached hydrogen (secondary N) is 1. The molecule has 0 fully saturated rings. The van der Waals surface area contributed by atoms with Gasteiger partial charge in [-0.2, -0.15) is 0 Å². The first-order chi connectivity index (χ1) is 11.9. The van der Waals surface area contributed by atoms with Crippen LogP contribution in [0.5, 0.6) is 0 Å². The van der Waals surface area contributed by atoms with Crippen LogP contribution < -0.4 is 4.72 Å². The van der Waals surface area contributed by atoms with Crippen LogP contribution >= 0.6 is 0 Å². The van der Waals surface area contributed by atoms with Crippen molar-refractivity contribution < 1.29 is 22.7 Å². The summed E-state index contributed by atoms with van der Waals surface area (Å²) in [6.07, 6.45) is 0. The molecule has 7 nitrogen and oxygen atoms in total. The van der Waals surface area contributed by atoms with Gasteiger partial charge in [-0.1, -0.05) is 46.8 Å². The van der Waals surface area contributed by atoms with Crippen LogP contribution in [0, 0.1) is 11.3 Å². The Morgan fingerprint density at radius 2 is 1.81 bits per heavy atom.